The number of nitrogens with one attached hydrogen (secondary N) is 2. The van der Waals surface area contributed by atoms with Crippen LogP contribution in [0.2, 0.25) is 0 Å². The van der Waals surface area contributed by atoms with Gasteiger partial charge in [0, 0.05) is 18.7 Å². The van der Waals surface area contributed by atoms with Crippen LogP contribution in [0.4, 0.5) is 0 Å². The van der Waals surface area contributed by atoms with Crippen molar-refractivity contribution in [3.8, 4) is 0 Å². The number of sulfonamides is 1. The molecule has 21 heavy (non-hydrogen) atoms. The fourth-order valence-corrected chi connectivity index (χ4v) is 4.05. The molecular formula is C14H25N3O3S. The lowest BCUT2D eigenvalue weighted by Gasteiger charge is -2.12. The van der Waals surface area contributed by atoms with Gasteiger partial charge >= 0.3 is 0 Å². The number of likely N-dealkylation sites (N-methyl/N-ethyl adjacent to an activating group) is 1. The summed E-state index contributed by atoms with van der Waals surface area (Å²) in [7, 11) is -1.51. The van der Waals surface area contributed by atoms with Gasteiger partial charge in [-0.25, -0.2) is 13.1 Å². The molecule has 120 valence electrons. The van der Waals surface area contributed by atoms with Crippen LogP contribution < -0.4 is 10.0 Å². The lowest BCUT2D eigenvalue weighted by Crippen LogP contribution is -2.36. The van der Waals surface area contributed by atoms with Gasteiger partial charge in [0.25, 0.3) is 0 Å². The molecule has 2 rings (SSSR count). The Morgan fingerprint density at radius 2 is 2.24 bits per heavy atom. The van der Waals surface area contributed by atoms with E-state index in [9.17, 15) is 8.42 Å². The predicted octanol–water partition coefficient (Wildman–Crippen LogP) is 1.07. The van der Waals surface area contributed by atoms with Crippen LogP contribution in [0, 0.1) is 6.92 Å². The van der Waals surface area contributed by atoms with Gasteiger partial charge in [-0.05, 0) is 39.9 Å². The van der Waals surface area contributed by atoms with E-state index in [1.807, 2.05) is 7.05 Å². The molecule has 1 fully saturated rings. The quantitative estimate of drug-likeness (QED) is 0.736. The highest BCUT2D eigenvalue weighted by atomic mass is 32.2. The van der Waals surface area contributed by atoms with E-state index < -0.39 is 10.0 Å². The summed E-state index contributed by atoms with van der Waals surface area (Å²) in [6.45, 7) is 6.88. The van der Waals surface area contributed by atoms with Crippen molar-refractivity contribution in [1.29, 1.82) is 0 Å². The minimum absolute atomic E-state index is 0.0176. The molecule has 1 aromatic heterocycles. The molecule has 1 aliphatic rings. The van der Waals surface area contributed by atoms with Crippen LogP contribution in [0.25, 0.3) is 0 Å². The minimum Gasteiger partial charge on any atom is -0.464 e. The van der Waals surface area contributed by atoms with Crippen molar-refractivity contribution in [3.63, 3.8) is 0 Å². The molecule has 0 amide bonds. The van der Waals surface area contributed by atoms with E-state index in [2.05, 4.69) is 21.9 Å². The largest absolute Gasteiger partial charge is 0.464 e. The number of likely N-dealkylation sites (tertiary alicyclic amines) is 1. The van der Waals surface area contributed by atoms with Gasteiger partial charge in [-0.1, -0.05) is 6.92 Å². The Bertz CT molecular complexity index is 568. The first-order chi connectivity index (χ1) is 9.92. The number of furan rings is 1. The molecule has 0 radical (unpaired) electrons. The smallest absolute Gasteiger partial charge is 0.244 e. The van der Waals surface area contributed by atoms with Gasteiger partial charge in [-0.15, -0.1) is 0 Å². The maximum Gasteiger partial charge on any atom is 0.244 e. The van der Waals surface area contributed by atoms with E-state index >= 15 is 0 Å². The Kier molecular flexibility index (Phi) is 5.43. The van der Waals surface area contributed by atoms with Crippen molar-refractivity contribution >= 4 is 10.0 Å². The van der Waals surface area contributed by atoms with Crippen molar-refractivity contribution in [3.05, 3.63) is 17.6 Å². The van der Waals surface area contributed by atoms with Gasteiger partial charge in [-0.3, -0.25) is 0 Å². The molecule has 1 aromatic rings. The van der Waals surface area contributed by atoms with Gasteiger partial charge in [-0.2, -0.15) is 0 Å². The third-order valence-electron chi connectivity index (χ3n) is 3.65. The molecule has 0 aliphatic carbocycles. The molecule has 6 nitrogen and oxygen atoms in total. The fraction of sp³-hybridized carbons (Fsp3) is 0.714. The van der Waals surface area contributed by atoms with Crippen molar-refractivity contribution in [2.75, 3.05) is 26.7 Å². The number of hydrogen-bond donors (Lipinski definition) is 2. The fourth-order valence-electron chi connectivity index (χ4n) is 2.58. The maximum atomic E-state index is 12.4. The highest BCUT2D eigenvalue weighted by molar-refractivity contribution is 7.89. The number of nitrogens with zero attached hydrogens (tertiary/aromatic N) is 1. The van der Waals surface area contributed by atoms with Gasteiger partial charge in [0.1, 0.15) is 16.4 Å². The van der Waals surface area contributed by atoms with Gasteiger partial charge in [0.05, 0.1) is 6.54 Å². The zero-order valence-electron chi connectivity index (χ0n) is 13.0. The SMILES string of the molecule is CCCNCc1cc(S(=O)(=O)NC2CCN(C)C2)c(C)o1. The van der Waals surface area contributed by atoms with Crippen LogP contribution in [-0.2, 0) is 16.6 Å². The standard InChI is InChI=1S/C14H25N3O3S/c1-4-6-15-9-13-8-14(11(2)20-13)21(18,19)16-12-5-7-17(3)10-12/h8,12,15-16H,4-7,9-10H2,1-3H3. The lowest BCUT2D eigenvalue weighted by molar-refractivity contribution is 0.407. The molecule has 1 saturated heterocycles. The average Bonchev–Trinajstić information content (AvgIpc) is 2.96. The second-order valence-corrected chi connectivity index (χ2v) is 7.36. The first-order valence-electron chi connectivity index (χ1n) is 7.43. The highest BCUT2D eigenvalue weighted by Crippen LogP contribution is 2.21. The second-order valence-electron chi connectivity index (χ2n) is 5.68. The van der Waals surface area contributed by atoms with Crippen molar-refractivity contribution in [2.45, 2.75) is 44.2 Å². The third-order valence-corrected chi connectivity index (χ3v) is 5.28. The lowest BCUT2D eigenvalue weighted by atomic mass is 10.3. The van der Waals surface area contributed by atoms with E-state index in [1.54, 1.807) is 13.0 Å². The monoisotopic (exact) mass is 315 g/mol. The van der Waals surface area contributed by atoms with E-state index in [1.165, 1.54) is 0 Å². The average molecular weight is 315 g/mol. The third kappa shape index (κ3) is 4.29. The topological polar surface area (TPSA) is 74.6 Å². The van der Waals surface area contributed by atoms with E-state index in [0.717, 1.165) is 32.5 Å². The second kappa shape index (κ2) is 6.91. The van der Waals surface area contributed by atoms with Crippen molar-refractivity contribution < 1.29 is 12.8 Å². The molecule has 0 saturated carbocycles. The molecular weight excluding hydrogens is 290 g/mol. The Balaban J connectivity index is 2.05. The predicted molar refractivity (Wildman–Crippen MR) is 81.7 cm³/mol. The van der Waals surface area contributed by atoms with Gasteiger partial charge < -0.3 is 14.6 Å². The number of hydrogen-bond acceptors (Lipinski definition) is 5. The Morgan fingerprint density at radius 1 is 1.48 bits per heavy atom. The summed E-state index contributed by atoms with van der Waals surface area (Å²) in [6.07, 6.45) is 1.87. The van der Waals surface area contributed by atoms with Crippen LogP contribution in [0.3, 0.4) is 0 Å². The molecule has 2 N–H and O–H groups in total. The zero-order chi connectivity index (χ0) is 15.5. The molecule has 1 atom stereocenters. The summed E-state index contributed by atoms with van der Waals surface area (Å²) >= 11 is 0. The normalized spacial score (nSPS) is 20.2. The molecule has 1 unspecified atom stereocenters. The summed E-state index contributed by atoms with van der Waals surface area (Å²) in [5.74, 6) is 1.10. The van der Waals surface area contributed by atoms with Gasteiger partial charge in [0.15, 0.2) is 0 Å². The molecule has 1 aliphatic heterocycles. The molecule has 2 heterocycles. The summed E-state index contributed by atoms with van der Waals surface area (Å²) in [4.78, 5) is 2.38. The van der Waals surface area contributed by atoms with E-state index in [-0.39, 0.29) is 10.9 Å². The van der Waals surface area contributed by atoms with Crippen LogP contribution in [-0.4, -0.2) is 46.0 Å². The van der Waals surface area contributed by atoms with Crippen molar-refractivity contribution in [2.24, 2.45) is 0 Å². The van der Waals surface area contributed by atoms with E-state index in [0.29, 0.717) is 18.1 Å². The summed E-state index contributed by atoms with van der Waals surface area (Å²) in [6, 6.07) is 1.61. The highest BCUT2D eigenvalue weighted by Gasteiger charge is 2.28. The summed E-state index contributed by atoms with van der Waals surface area (Å²) in [5.41, 5.74) is 0. The summed E-state index contributed by atoms with van der Waals surface area (Å²) in [5, 5.41) is 3.21. The molecule has 0 spiro atoms. The van der Waals surface area contributed by atoms with Gasteiger partial charge in [0.2, 0.25) is 10.0 Å². The molecule has 0 aromatic carbocycles. The first-order valence-corrected chi connectivity index (χ1v) is 8.91. The molecule has 7 heteroatoms. The van der Waals surface area contributed by atoms with Crippen LogP contribution in [0.15, 0.2) is 15.4 Å². The van der Waals surface area contributed by atoms with Crippen molar-refractivity contribution in [1.82, 2.24) is 14.9 Å². The molecule has 0 bridgehead atoms. The van der Waals surface area contributed by atoms with Crippen LogP contribution >= 0.6 is 0 Å². The first kappa shape index (κ1) is 16.5. The zero-order valence-corrected chi connectivity index (χ0v) is 13.8. The van der Waals surface area contributed by atoms with Crippen LogP contribution in [0.5, 0.6) is 0 Å². The minimum atomic E-state index is -3.51. The van der Waals surface area contributed by atoms with Crippen LogP contribution in [0.1, 0.15) is 31.3 Å². The Morgan fingerprint density at radius 3 is 2.86 bits per heavy atom. The number of aryl methyl sites for hydroxylation is 1. The maximum absolute atomic E-state index is 12.4. The Hall–Kier alpha value is -0.890. The van der Waals surface area contributed by atoms with E-state index in [4.69, 9.17) is 4.42 Å². The summed E-state index contributed by atoms with van der Waals surface area (Å²) < 4.78 is 33.2. The Labute approximate surface area is 126 Å². The number of rotatable bonds is 7.